The lowest BCUT2D eigenvalue weighted by molar-refractivity contribution is -0.120. The average Bonchev–Trinajstić information content (AvgIpc) is 3.11. The van der Waals surface area contributed by atoms with Gasteiger partial charge in [-0.2, -0.15) is 0 Å². The topological polar surface area (TPSA) is 75.7 Å². The van der Waals surface area contributed by atoms with E-state index < -0.39 is 17.9 Å². The summed E-state index contributed by atoms with van der Waals surface area (Å²) in [5.74, 6) is -1.15. The quantitative estimate of drug-likeness (QED) is 0.661. The maximum Gasteiger partial charge on any atom is 0.339 e. The van der Waals surface area contributed by atoms with E-state index in [2.05, 4.69) is 5.32 Å². The molecule has 1 aliphatic rings. The lowest BCUT2D eigenvalue weighted by Gasteiger charge is -2.27. The number of para-hydroxylation sites is 1. The highest BCUT2D eigenvalue weighted by atomic mass is 16.5. The zero-order chi connectivity index (χ0) is 21.1. The molecule has 4 rings (SSSR count). The molecule has 30 heavy (non-hydrogen) atoms. The fraction of sp³-hybridized carbons (Fsp3) is 0.125. The van der Waals surface area contributed by atoms with Gasteiger partial charge in [0.1, 0.15) is 6.04 Å². The van der Waals surface area contributed by atoms with Crippen LogP contribution in [0.25, 0.3) is 0 Å². The van der Waals surface area contributed by atoms with Crippen molar-refractivity contribution < 1.29 is 19.1 Å². The molecule has 0 saturated heterocycles. The number of nitrogens with one attached hydrogen (secondary N) is 1. The highest BCUT2D eigenvalue weighted by Gasteiger charge is 2.37. The number of fused-ring (bicyclic) bond motifs is 1. The number of methoxy groups -OCH3 is 1. The highest BCUT2D eigenvalue weighted by molar-refractivity contribution is 6.06. The van der Waals surface area contributed by atoms with Gasteiger partial charge in [-0.05, 0) is 29.3 Å². The Hall–Kier alpha value is -3.93. The summed E-state index contributed by atoms with van der Waals surface area (Å²) in [6, 6.07) is 22.2. The third kappa shape index (κ3) is 3.55. The summed E-state index contributed by atoms with van der Waals surface area (Å²) in [5.41, 5.74) is 2.75. The molecule has 0 aromatic heterocycles. The minimum Gasteiger partial charge on any atom is -0.465 e. The molecular weight excluding hydrogens is 380 g/mol. The number of esters is 1. The molecule has 2 amide bonds. The van der Waals surface area contributed by atoms with Crippen molar-refractivity contribution in [2.24, 2.45) is 0 Å². The third-order valence-electron chi connectivity index (χ3n) is 5.11. The first kappa shape index (κ1) is 19.4. The summed E-state index contributed by atoms with van der Waals surface area (Å²) in [6.07, 6.45) is 0. The van der Waals surface area contributed by atoms with Crippen LogP contribution in [0.2, 0.25) is 0 Å². The lowest BCUT2D eigenvalue weighted by atomic mass is 10.0. The first-order chi connectivity index (χ1) is 14.6. The van der Waals surface area contributed by atoms with Crippen molar-refractivity contribution in [2.45, 2.75) is 12.6 Å². The summed E-state index contributed by atoms with van der Waals surface area (Å²) in [5, 5.41) is 2.81. The number of nitrogens with zero attached hydrogens (tertiary/aromatic N) is 1. The zero-order valence-electron chi connectivity index (χ0n) is 16.4. The number of hydrogen-bond donors (Lipinski definition) is 1. The molecular formula is C24H20N2O4. The van der Waals surface area contributed by atoms with Gasteiger partial charge in [0.15, 0.2) is 0 Å². The molecule has 0 bridgehead atoms. The second-order valence-corrected chi connectivity index (χ2v) is 6.93. The van der Waals surface area contributed by atoms with Gasteiger partial charge in [0.2, 0.25) is 0 Å². The van der Waals surface area contributed by atoms with Crippen LogP contribution in [0.15, 0.2) is 78.9 Å². The average molecular weight is 400 g/mol. The van der Waals surface area contributed by atoms with Crippen molar-refractivity contribution in [1.82, 2.24) is 4.90 Å². The van der Waals surface area contributed by atoms with Crippen LogP contribution in [-0.4, -0.2) is 29.8 Å². The van der Waals surface area contributed by atoms with Gasteiger partial charge >= 0.3 is 5.97 Å². The Morgan fingerprint density at radius 3 is 2.33 bits per heavy atom. The van der Waals surface area contributed by atoms with Crippen molar-refractivity contribution in [3.8, 4) is 0 Å². The van der Waals surface area contributed by atoms with E-state index in [4.69, 9.17) is 4.74 Å². The van der Waals surface area contributed by atoms with Gasteiger partial charge in [-0.15, -0.1) is 0 Å². The van der Waals surface area contributed by atoms with Gasteiger partial charge in [-0.3, -0.25) is 9.59 Å². The van der Waals surface area contributed by atoms with E-state index in [0.717, 1.165) is 5.56 Å². The van der Waals surface area contributed by atoms with Crippen molar-refractivity contribution in [1.29, 1.82) is 0 Å². The Labute approximate surface area is 174 Å². The van der Waals surface area contributed by atoms with E-state index in [1.807, 2.05) is 48.5 Å². The van der Waals surface area contributed by atoms with Crippen LogP contribution in [0.5, 0.6) is 0 Å². The van der Waals surface area contributed by atoms with E-state index in [9.17, 15) is 14.4 Å². The van der Waals surface area contributed by atoms with Gasteiger partial charge in [0.05, 0.1) is 18.4 Å². The second kappa shape index (κ2) is 8.21. The lowest BCUT2D eigenvalue weighted by Crippen LogP contribution is -2.37. The van der Waals surface area contributed by atoms with Crippen LogP contribution in [0.1, 0.15) is 37.9 Å². The third-order valence-corrected chi connectivity index (χ3v) is 5.11. The van der Waals surface area contributed by atoms with Crippen LogP contribution in [0.3, 0.4) is 0 Å². The van der Waals surface area contributed by atoms with Gasteiger partial charge in [-0.25, -0.2) is 4.79 Å². The molecule has 6 nitrogen and oxygen atoms in total. The number of hydrogen-bond acceptors (Lipinski definition) is 4. The normalized spacial score (nSPS) is 13.5. The number of carbonyl (C=O) groups excluding carboxylic acids is 3. The number of rotatable bonds is 5. The van der Waals surface area contributed by atoms with Crippen LogP contribution in [0, 0.1) is 0 Å². The molecule has 1 heterocycles. The standard InChI is InChI=1S/C24H20N2O4/c1-30-24(29)19-13-7-8-14-20(19)25-22(27)21(16-9-3-2-4-10-16)26-15-17-11-5-6-12-18(17)23(26)28/h2-14,21H,15H2,1H3,(H,25,27)/t21-/m1/s1. The summed E-state index contributed by atoms with van der Waals surface area (Å²) in [4.78, 5) is 40.1. The number of carbonyl (C=O) groups is 3. The predicted octanol–water partition coefficient (Wildman–Crippen LogP) is 3.81. The molecule has 0 fully saturated rings. The maximum atomic E-state index is 13.4. The monoisotopic (exact) mass is 400 g/mol. The van der Waals surface area contributed by atoms with Gasteiger partial charge in [0, 0.05) is 12.1 Å². The van der Waals surface area contributed by atoms with E-state index in [0.29, 0.717) is 23.4 Å². The van der Waals surface area contributed by atoms with E-state index in [1.54, 1.807) is 35.2 Å². The van der Waals surface area contributed by atoms with Crippen LogP contribution in [0.4, 0.5) is 5.69 Å². The fourth-order valence-corrected chi connectivity index (χ4v) is 3.67. The number of amides is 2. The fourth-order valence-electron chi connectivity index (χ4n) is 3.67. The van der Waals surface area contributed by atoms with Gasteiger partial charge < -0.3 is 15.0 Å². The molecule has 0 spiro atoms. The Morgan fingerprint density at radius 2 is 1.60 bits per heavy atom. The molecule has 0 saturated carbocycles. The van der Waals surface area contributed by atoms with Crippen molar-refractivity contribution in [2.75, 3.05) is 12.4 Å². The second-order valence-electron chi connectivity index (χ2n) is 6.93. The van der Waals surface area contributed by atoms with E-state index in [1.165, 1.54) is 7.11 Å². The molecule has 1 aliphatic heterocycles. The first-order valence-corrected chi connectivity index (χ1v) is 9.52. The summed E-state index contributed by atoms with van der Waals surface area (Å²) in [6.45, 7) is 0.334. The van der Waals surface area contributed by atoms with Crippen molar-refractivity contribution in [3.05, 3.63) is 101 Å². The summed E-state index contributed by atoms with van der Waals surface area (Å²) < 4.78 is 4.81. The smallest absolute Gasteiger partial charge is 0.339 e. The molecule has 0 unspecified atom stereocenters. The highest BCUT2D eigenvalue weighted by Crippen LogP contribution is 2.32. The molecule has 150 valence electrons. The summed E-state index contributed by atoms with van der Waals surface area (Å²) in [7, 11) is 1.29. The zero-order valence-corrected chi connectivity index (χ0v) is 16.4. The Bertz CT molecular complexity index is 1110. The molecule has 0 radical (unpaired) electrons. The van der Waals surface area contributed by atoms with Crippen LogP contribution >= 0.6 is 0 Å². The first-order valence-electron chi connectivity index (χ1n) is 9.52. The largest absolute Gasteiger partial charge is 0.465 e. The molecule has 1 atom stereocenters. The minimum atomic E-state index is -0.850. The Morgan fingerprint density at radius 1 is 0.933 bits per heavy atom. The van der Waals surface area contributed by atoms with Crippen molar-refractivity contribution in [3.63, 3.8) is 0 Å². The van der Waals surface area contributed by atoms with Gasteiger partial charge in [0.25, 0.3) is 11.8 Å². The number of ether oxygens (including phenoxy) is 1. The van der Waals surface area contributed by atoms with Crippen LogP contribution in [-0.2, 0) is 16.1 Å². The van der Waals surface area contributed by atoms with Crippen LogP contribution < -0.4 is 5.32 Å². The number of anilines is 1. The molecule has 0 aliphatic carbocycles. The Kier molecular flexibility index (Phi) is 5.30. The van der Waals surface area contributed by atoms with Gasteiger partial charge in [-0.1, -0.05) is 60.7 Å². The molecule has 6 heteroatoms. The Balaban J connectivity index is 1.70. The molecule has 1 N–H and O–H groups in total. The molecule has 3 aromatic carbocycles. The van der Waals surface area contributed by atoms with Crippen molar-refractivity contribution >= 4 is 23.5 Å². The summed E-state index contributed by atoms with van der Waals surface area (Å²) >= 11 is 0. The predicted molar refractivity (Wildman–Crippen MR) is 112 cm³/mol. The van der Waals surface area contributed by atoms with E-state index in [-0.39, 0.29) is 11.5 Å². The minimum absolute atomic E-state index is 0.198. The number of benzene rings is 3. The SMILES string of the molecule is COC(=O)c1ccccc1NC(=O)[C@@H](c1ccccc1)N1Cc2ccccc2C1=O. The molecule has 3 aromatic rings. The maximum absolute atomic E-state index is 13.4. The van der Waals surface area contributed by atoms with E-state index >= 15 is 0 Å².